The topological polar surface area (TPSA) is 83.6 Å². The van der Waals surface area contributed by atoms with Crippen LogP contribution in [0.25, 0.3) is 0 Å². The van der Waals surface area contributed by atoms with Gasteiger partial charge in [0, 0.05) is 6.04 Å². The molecule has 1 aromatic heterocycles. The van der Waals surface area contributed by atoms with Gasteiger partial charge in [0.2, 0.25) is 0 Å². The SMILES string of the molecule is CCC(C)N(CC(=O)O)C(=O)c1ncoc1C. The first-order valence-corrected chi connectivity index (χ1v) is 5.40. The van der Waals surface area contributed by atoms with Crippen LogP contribution in [0.4, 0.5) is 0 Å². The number of amides is 1. The molecule has 1 amide bonds. The molecule has 1 rings (SSSR count). The van der Waals surface area contributed by atoms with E-state index in [-0.39, 0.29) is 18.3 Å². The number of aliphatic carboxylic acids is 1. The minimum absolute atomic E-state index is 0.158. The summed E-state index contributed by atoms with van der Waals surface area (Å²) in [6.07, 6.45) is 1.86. The lowest BCUT2D eigenvalue weighted by molar-refractivity contribution is -0.138. The van der Waals surface area contributed by atoms with Crippen LogP contribution in [0.5, 0.6) is 0 Å². The Morgan fingerprint density at radius 3 is 2.65 bits per heavy atom. The Morgan fingerprint density at radius 2 is 2.24 bits per heavy atom. The summed E-state index contributed by atoms with van der Waals surface area (Å²) in [7, 11) is 0. The summed E-state index contributed by atoms with van der Waals surface area (Å²) in [5, 5.41) is 8.81. The Kier molecular flexibility index (Phi) is 4.25. The third kappa shape index (κ3) is 3.05. The molecule has 0 aliphatic carbocycles. The zero-order chi connectivity index (χ0) is 13.0. The summed E-state index contributed by atoms with van der Waals surface area (Å²) in [6.45, 7) is 4.98. The minimum atomic E-state index is -1.04. The summed E-state index contributed by atoms with van der Waals surface area (Å²) in [4.78, 5) is 27.9. The van der Waals surface area contributed by atoms with Gasteiger partial charge in [0.05, 0.1) is 0 Å². The van der Waals surface area contributed by atoms with Crippen molar-refractivity contribution >= 4 is 11.9 Å². The van der Waals surface area contributed by atoms with E-state index in [9.17, 15) is 9.59 Å². The fourth-order valence-electron chi connectivity index (χ4n) is 1.44. The molecule has 1 N–H and O–H groups in total. The summed E-state index contributed by atoms with van der Waals surface area (Å²) >= 11 is 0. The molecule has 94 valence electrons. The minimum Gasteiger partial charge on any atom is -0.480 e. The number of carbonyl (C=O) groups is 2. The first-order chi connectivity index (χ1) is 7.97. The van der Waals surface area contributed by atoms with Gasteiger partial charge in [-0.1, -0.05) is 6.92 Å². The van der Waals surface area contributed by atoms with Crippen molar-refractivity contribution < 1.29 is 19.1 Å². The Labute approximate surface area is 99.2 Å². The quantitative estimate of drug-likeness (QED) is 0.838. The lowest BCUT2D eigenvalue weighted by Crippen LogP contribution is -2.42. The van der Waals surface area contributed by atoms with Gasteiger partial charge in [-0.15, -0.1) is 0 Å². The molecular formula is C11H16N2O4. The number of hydrogen-bond acceptors (Lipinski definition) is 4. The molecule has 1 aromatic rings. The number of aromatic nitrogens is 1. The second kappa shape index (κ2) is 5.47. The van der Waals surface area contributed by atoms with E-state index in [4.69, 9.17) is 9.52 Å². The highest BCUT2D eigenvalue weighted by Gasteiger charge is 2.26. The van der Waals surface area contributed by atoms with Crippen molar-refractivity contribution in [1.29, 1.82) is 0 Å². The van der Waals surface area contributed by atoms with E-state index < -0.39 is 11.9 Å². The second-order valence-electron chi connectivity index (χ2n) is 3.84. The van der Waals surface area contributed by atoms with Crippen LogP contribution in [-0.2, 0) is 4.79 Å². The third-order valence-corrected chi connectivity index (χ3v) is 2.64. The standard InChI is InChI=1S/C11H16N2O4/c1-4-7(2)13(5-9(14)15)11(16)10-8(3)17-6-12-10/h6-7H,4-5H2,1-3H3,(H,14,15). The van der Waals surface area contributed by atoms with Crippen LogP contribution in [0.3, 0.4) is 0 Å². The van der Waals surface area contributed by atoms with Crippen LogP contribution >= 0.6 is 0 Å². The molecule has 0 aliphatic heterocycles. The van der Waals surface area contributed by atoms with Gasteiger partial charge in [0.1, 0.15) is 12.3 Å². The molecule has 0 aliphatic rings. The molecule has 0 radical (unpaired) electrons. The predicted octanol–water partition coefficient (Wildman–Crippen LogP) is 1.31. The molecule has 0 aromatic carbocycles. The summed E-state index contributed by atoms with van der Waals surface area (Å²) in [5.41, 5.74) is 0.173. The maximum absolute atomic E-state index is 12.1. The van der Waals surface area contributed by atoms with E-state index in [0.29, 0.717) is 12.2 Å². The molecule has 1 heterocycles. The van der Waals surface area contributed by atoms with Gasteiger partial charge in [-0.3, -0.25) is 9.59 Å². The Hall–Kier alpha value is -1.85. The van der Waals surface area contributed by atoms with E-state index in [1.54, 1.807) is 13.8 Å². The van der Waals surface area contributed by atoms with Gasteiger partial charge >= 0.3 is 5.97 Å². The van der Waals surface area contributed by atoms with Crippen LogP contribution in [0.1, 0.15) is 36.5 Å². The maximum Gasteiger partial charge on any atom is 0.323 e. The first kappa shape index (κ1) is 13.2. The monoisotopic (exact) mass is 240 g/mol. The van der Waals surface area contributed by atoms with Gasteiger partial charge < -0.3 is 14.4 Å². The first-order valence-electron chi connectivity index (χ1n) is 5.40. The fraction of sp³-hybridized carbons (Fsp3) is 0.545. The van der Waals surface area contributed by atoms with Crippen molar-refractivity contribution in [3.8, 4) is 0 Å². The van der Waals surface area contributed by atoms with Crippen LogP contribution in [0.2, 0.25) is 0 Å². The predicted molar refractivity (Wildman–Crippen MR) is 59.7 cm³/mol. The maximum atomic E-state index is 12.1. The van der Waals surface area contributed by atoms with Gasteiger partial charge in [0.15, 0.2) is 12.1 Å². The van der Waals surface area contributed by atoms with E-state index in [2.05, 4.69) is 4.98 Å². The van der Waals surface area contributed by atoms with Crippen LogP contribution < -0.4 is 0 Å². The average molecular weight is 240 g/mol. The molecule has 6 nitrogen and oxygen atoms in total. The molecule has 6 heteroatoms. The van der Waals surface area contributed by atoms with E-state index in [1.165, 1.54) is 11.3 Å². The van der Waals surface area contributed by atoms with Crippen molar-refractivity contribution in [3.63, 3.8) is 0 Å². The van der Waals surface area contributed by atoms with Gasteiger partial charge in [-0.25, -0.2) is 4.98 Å². The Bertz CT molecular complexity index is 413. The van der Waals surface area contributed by atoms with E-state index >= 15 is 0 Å². The smallest absolute Gasteiger partial charge is 0.323 e. The highest BCUT2D eigenvalue weighted by Crippen LogP contribution is 2.12. The fourth-order valence-corrected chi connectivity index (χ4v) is 1.44. The van der Waals surface area contributed by atoms with Crippen molar-refractivity contribution in [2.75, 3.05) is 6.54 Å². The molecule has 1 unspecified atom stereocenters. The van der Waals surface area contributed by atoms with Crippen molar-refractivity contribution in [2.45, 2.75) is 33.2 Å². The number of rotatable bonds is 5. The van der Waals surface area contributed by atoms with Crippen molar-refractivity contribution in [2.24, 2.45) is 0 Å². The van der Waals surface area contributed by atoms with Crippen molar-refractivity contribution in [1.82, 2.24) is 9.88 Å². The number of carboxylic acids is 1. The highest BCUT2D eigenvalue weighted by molar-refractivity contribution is 5.95. The molecule has 0 saturated carbocycles. The van der Waals surface area contributed by atoms with Gasteiger partial charge in [-0.05, 0) is 20.3 Å². The highest BCUT2D eigenvalue weighted by atomic mass is 16.4. The zero-order valence-electron chi connectivity index (χ0n) is 10.1. The molecule has 0 saturated heterocycles. The largest absolute Gasteiger partial charge is 0.480 e. The van der Waals surface area contributed by atoms with E-state index in [1.807, 2.05) is 6.92 Å². The normalized spacial score (nSPS) is 12.2. The number of nitrogens with zero attached hydrogens (tertiary/aromatic N) is 2. The van der Waals surface area contributed by atoms with Gasteiger partial charge in [0.25, 0.3) is 5.91 Å². The Morgan fingerprint density at radius 1 is 1.59 bits per heavy atom. The Balaban J connectivity index is 2.94. The van der Waals surface area contributed by atoms with Crippen LogP contribution in [-0.4, -0.2) is 39.5 Å². The number of aryl methyl sites for hydroxylation is 1. The lowest BCUT2D eigenvalue weighted by atomic mass is 10.2. The van der Waals surface area contributed by atoms with Crippen LogP contribution in [0.15, 0.2) is 10.8 Å². The summed E-state index contributed by atoms with van der Waals surface area (Å²) in [6, 6.07) is -0.158. The molecule has 1 atom stereocenters. The third-order valence-electron chi connectivity index (χ3n) is 2.64. The summed E-state index contributed by atoms with van der Waals surface area (Å²) < 4.78 is 4.95. The average Bonchev–Trinajstić information content (AvgIpc) is 2.70. The number of carbonyl (C=O) groups excluding carboxylic acids is 1. The zero-order valence-corrected chi connectivity index (χ0v) is 10.1. The second-order valence-corrected chi connectivity index (χ2v) is 3.84. The van der Waals surface area contributed by atoms with E-state index in [0.717, 1.165) is 0 Å². The molecule has 0 spiro atoms. The lowest BCUT2D eigenvalue weighted by Gasteiger charge is -2.26. The van der Waals surface area contributed by atoms with Crippen LogP contribution in [0, 0.1) is 6.92 Å². The molecule has 17 heavy (non-hydrogen) atoms. The number of oxazole rings is 1. The number of carboxylic acid groups (broad SMARTS) is 1. The van der Waals surface area contributed by atoms with Crippen molar-refractivity contribution in [3.05, 3.63) is 17.8 Å². The molecular weight excluding hydrogens is 224 g/mol. The number of hydrogen-bond donors (Lipinski definition) is 1. The van der Waals surface area contributed by atoms with Gasteiger partial charge in [-0.2, -0.15) is 0 Å². The molecule has 0 bridgehead atoms. The molecule has 0 fully saturated rings. The summed E-state index contributed by atoms with van der Waals surface area (Å²) in [5.74, 6) is -1.05.